The fourth-order valence-corrected chi connectivity index (χ4v) is 1.74. The second-order valence-electron chi connectivity index (χ2n) is 5.05. The molecule has 0 heterocycles. The molecule has 100 valence electrons. The minimum absolute atomic E-state index is 0.680. The Balaban J connectivity index is 1.88. The molecule has 0 amide bonds. The van der Waals surface area contributed by atoms with Crippen LogP contribution in [0.3, 0.4) is 0 Å². The van der Waals surface area contributed by atoms with Crippen molar-refractivity contribution in [2.45, 2.75) is 20.3 Å². The second kappa shape index (κ2) is 6.83. The molecule has 1 N–H and O–H groups in total. The Bertz CT molecular complexity index is 476. The van der Waals surface area contributed by atoms with Gasteiger partial charge in [0, 0.05) is 11.4 Å². The first-order chi connectivity index (χ1) is 9.24. The van der Waals surface area contributed by atoms with E-state index >= 15 is 0 Å². The fourth-order valence-electron chi connectivity index (χ4n) is 1.74. The van der Waals surface area contributed by atoms with Gasteiger partial charge in [0.15, 0.2) is 0 Å². The van der Waals surface area contributed by atoms with Gasteiger partial charge < -0.3 is 10.1 Å². The Kier molecular flexibility index (Phi) is 4.85. The van der Waals surface area contributed by atoms with Crippen LogP contribution in [0.1, 0.15) is 20.3 Å². The summed E-state index contributed by atoms with van der Waals surface area (Å²) in [6.07, 6.45) is 1.09. The fraction of sp³-hybridized carbons (Fsp3) is 0.294. The number of anilines is 2. The van der Waals surface area contributed by atoms with E-state index in [4.69, 9.17) is 4.74 Å². The van der Waals surface area contributed by atoms with Gasteiger partial charge in [-0.15, -0.1) is 0 Å². The van der Waals surface area contributed by atoms with Crippen molar-refractivity contribution in [2.24, 2.45) is 5.92 Å². The summed E-state index contributed by atoms with van der Waals surface area (Å²) < 4.78 is 5.69. The van der Waals surface area contributed by atoms with Crippen molar-refractivity contribution in [1.82, 2.24) is 0 Å². The van der Waals surface area contributed by atoms with E-state index in [1.165, 1.54) is 0 Å². The lowest BCUT2D eigenvalue weighted by molar-refractivity contribution is 0.289. The third-order valence-electron chi connectivity index (χ3n) is 2.88. The highest BCUT2D eigenvalue weighted by Gasteiger charge is 1.98. The summed E-state index contributed by atoms with van der Waals surface area (Å²) >= 11 is 0. The zero-order chi connectivity index (χ0) is 13.5. The van der Waals surface area contributed by atoms with Gasteiger partial charge in [-0.1, -0.05) is 32.0 Å². The molecular weight excluding hydrogens is 234 g/mol. The van der Waals surface area contributed by atoms with E-state index in [0.717, 1.165) is 30.2 Å². The van der Waals surface area contributed by atoms with E-state index in [1.54, 1.807) is 0 Å². The van der Waals surface area contributed by atoms with Crippen LogP contribution in [0.5, 0.6) is 5.75 Å². The zero-order valence-electron chi connectivity index (χ0n) is 11.6. The highest BCUT2D eigenvalue weighted by atomic mass is 16.5. The normalized spacial score (nSPS) is 10.5. The first-order valence-electron chi connectivity index (χ1n) is 6.79. The average Bonchev–Trinajstić information content (AvgIpc) is 2.42. The lowest BCUT2D eigenvalue weighted by atomic mass is 10.1. The van der Waals surface area contributed by atoms with E-state index in [-0.39, 0.29) is 0 Å². The van der Waals surface area contributed by atoms with Crippen LogP contribution >= 0.6 is 0 Å². The molecule has 0 fully saturated rings. The topological polar surface area (TPSA) is 21.3 Å². The maximum absolute atomic E-state index is 5.69. The first-order valence-corrected chi connectivity index (χ1v) is 6.79. The SMILES string of the molecule is CC(C)CCOc1ccc(Nc2ccccc2)cc1. The quantitative estimate of drug-likeness (QED) is 0.796. The van der Waals surface area contributed by atoms with Gasteiger partial charge in [-0.3, -0.25) is 0 Å². The van der Waals surface area contributed by atoms with E-state index in [9.17, 15) is 0 Å². The largest absolute Gasteiger partial charge is 0.494 e. The smallest absolute Gasteiger partial charge is 0.119 e. The Hall–Kier alpha value is -1.96. The van der Waals surface area contributed by atoms with Crippen LogP contribution in [0, 0.1) is 5.92 Å². The van der Waals surface area contributed by atoms with Gasteiger partial charge in [0.1, 0.15) is 5.75 Å². The highest BCUT2D eigenvalue weighted by molar-refractivity contribution is 5.59. The Morgan fingerprint density at radius 1 is 0.895 bits per heavy atom. The third kappa shape index (κ3) is 4.66. The Morgan fingerprint density at radius 3 is 2.16 bits per heavy atom. The summed E-state index contributed by atoms with van der Waals surface area (Å²) in [4.78, 5) is 0. The highest BCUT2D eigenvalue weighted by Crippen LogP contribution is 2.20. The van der Waals surface area contributed by atoms with Crippen LogP contribution in [-0.2, 0) is 0 Å². The van der Waals surface area contributed by atoms with Crippen LogP contribution in [0.4, 0.5) is 11.4 Å². The van der Waals surface area contributed by atoms with Gasteiger partial charge in [0.2, 0.25) is 0 Å². The van der Waals surface area contributed by atoms with Gasteiger partial charge in [0.25, 0.3) is 0 Å². The third-order valence-corrected chi connectivity index (χ3v) is 2.88. The Morgan fingerprint density at radius 2 is 1.53 bits per heavy atom. The van der Waals surface area contributed by atoms with Crippen molar-refractivity contribution < 1.29 is 4.74 Å². The van der Waals surface area contributed by atoms with Crippen LogP contribution in [-0.4, -0.2) is 6.61 Å². The van der Waals surface area contributed by atoms with Crippen molar-refractivity contribution in [3.05, 3.63) is 54.6 Å². The number of nitrogens with one attached hydrogen (secondary N) is 1. The Labute approximate surface area is 115 Å². The van der Waals surface area contributed by atoms with Crippen molar-refractivity contribution >= 4 is 11.4 Å². The molecule has 19 heavy (non-hydrogen) atoms. The van der Waals surface area contributed by atoms with Crippen molar-refractivity contribution in [2.75, 3.05) is 11.9 Å². The van der Waals surface area contributed by atoms with E-state index in [0.29, 0.717) is 5.92 Å². The van der Waals surface area contributed by atoms with Crippen LogP contribution in [0.25, 0.3) is 0 Å². The molecule has 0 aliphatic heterocycles. The van der Waals surface area contributed by atoms with Crippen molar-refractivity contribution in [3.63, 3.8) is 0 Å². The number of benzene rings is 2. The standard InChI is InChI=1S/C17H21NO/c1-14(2)12-13-19-17-10-8-16(9-11-17)18-15-6-4-3-5-7-15/h3-11,14,18H,12-13H2,1-2H3. The lowest BCUT2D eigenvalue weighted by Gasteiger charge is -2.10. The molecule has 2 nitrogen and oxygen atoms in total. The molecule has 2 rings (SSSR count). The average molecular weight is 255 g/mol. The minimum Gasteiger partial charge on any atom is -0.494 e. The molecule has 0 saturated heterocycles. The molecule has 0 saturated carbocycles. The molecule has 2 heteroatoms. The maximum Gasteiger partial charge on any atom is 0.119 e. The van der Waals surface area contributed by atoms with E-state index in [2.05, 4.69) is 19.2 Å². The summed E-state index contributed by atoms with van der Waals surface area (Å²) in [5.41, 5.74) is 2.17. The number of ether oxygens (including phenoxy) is 1. The van der Waals surface area contributed by atoms with Gasteiger partial charge in [-0.2, -0.15) is 0 Å². The second-order valence-corrected chi connectivity index (χ2v) is 5.05. The zero-order valence-corrected chi connectivity index (χ0v) is 11.6. The predicted octanol–water partition coefficient (Wildman–Crippen LogP) is 4.86. The number of rotatable bonds is 6. The van der Waals surface area contributed by atoms with Gasteiger partial charge in [-0.25, -0.2) is 0 Å². The van der Waals surface area contributed by atoms with Crippen LogP contribution in [0.15, 0.2) is 54.6 Å². The monoisotopic (exact) mass is 255 g/mol. The van der Waals surface area contributed by atoms with Crippen LogP contribution in [0.2, 0.25) is 0 Å². The molecule has 2 aromatic rings. The molecule has 0 bridgehead atoms. The summed E-state index contributed by atoms with van der Waals surface area (Å²) in [7, 11) is 0. The summed E-state index contributed by atoms with van der Waals surface area (Å²) in [6, 6.07) is 18.2. The molecule has 0 unspecified atom stereocenters. The van der Waals surface area contributed by atoms with Gasteiger partial charge in [-0.05, 0) is 48.7 Å². The van der Waals surface area contributed by atoms with E-state index in [1.807, 2.05) is 54.6 Å². The lowest BCUT2D eigenvalue weighted by Crippen LogP contribution is -2.01. The molecule has 0 aromatic heterocycles. The van der Waals surface area contributed by atoms with Crippen molar-refractivity contribution in [1.29, 1.82) is 0 Å². The molecule has 2 aromatic carbocycles. The van der Waals surface area contributed by atoms with Gasteiger partial charge >= 0.3 is 0 Å². The minimum atomic E-state index is 0.680. The molecule has 0 aliphatic rings. The van der Waals surface area contributed by atoms with Gasteiger partial charge in [0.05, 0.1) is 6.61 Å². The summed E-state index contributed by atoms with van der Waals surface area (Å²) in [5, 5.41) is 3.35. The summed E-state index contributed by atoms with van der Waals surface area (Å²) in [6.45, 7) is 5.19. The molecular formula is C17H21NO. The number of hydrogen-bond acceptors (Lipinski definition) is 2. The van der Waals surface area contributed by atoms with Crippen molar-refractivity contribution in [3.8, 4) is 5.75 Å². The molecule has 0 atom stereocenters. The predicted molar refractivity (Wildman–Crippen MR) is 81.1 cm³/mol. The first kappa shape index (κ1) is 13.5. The maximum atomic E-state index is 5.69. The molecule has 0 aliphatic carbocycles. The summed E-state index contributed by atoms with van der Waals surface area (Å²) in [5.74, 6) is 1.61. The molecule has 0 radical (unpaired) electrons. The molecule has 0 spiro atoms. The van der Waals surface area contributed by atoms with E-state index < -0.39 is 0 Å². The van der Waals surface area contributed by atoms with Crippen LogP contribution < -0.4 is 10.1 Å². The number of hydrogen-bond donors (Lipinski definition) is 1. The number of para-hydroxylation sites is 1.